The first kappa shape index (κ1) is 11.3. The van der Waals surface area contributed by atoms with Gasteiger partial charge in [0.2, 0.25) is 0 Å². The van der Waals surface area contributed by atoms with E-state index in [1.54, 1.807) is 17.6 Å². The van der Waals surface area contributed by atoms with Gasteiger partial charge in [-0.15, -0.1) is 22.9 Å². The van der Waals surface area contributed by atoms with E-state index in [1.807, 2.05) is 24.3 Å². The zero-order valence-electron chi connectivity index (χ0n) is 8.69. The van der Waals surface area contributed by atoms with Gasteiger partial charge in [0.1, 0.15) is 11.1 Å². The topological polar surface area (TPSA) is 13.1 Å². The van der Waals surface area contributed by atoms with E-state index < -0.39 is 0 Å². The number of hydrogen-bond donors (Lipinski definition) is 0. The minimum absolute atomic E-state index is 0.229. The number of rotatable bonds is 2. The maximum atomic E-state index is 6.44. The number of benzene rings is 1. The number of fused-ring (bicyclic) bond motifs is 1. The number of hydrogen-bond acceptors (Lipinski definition) is 2. The summed E-state index contributed by atoms with van der Waals surface area (Å²) in [6, 6.07) is 9.91. The van der Waals surface area contributed by atoms with Gasteiger partial charge in [-0.2, -0.15) is 0 Å². The van der Waals surface area contributed by atoms with Gasteiger partial charge in [-0.3, -0.25) is 0 Å². The molecule has 17 heavy (non-hydrogen) atoms. The number of alkyl halides is 1. The van der Waals surface area contributed by atoms with E-state index in [9.17, 15) is 0 Å². The number of halogens is 2. The average Bonchev–Trinajstić information content (AvgIpc) is 2.98. The highest BCUT2D eigenvalue weighted by molar-refractivity contribution is 9.10. The predicted molar refractivity (Wildman–Crippen MR) is 75.9 cm³/mol. The molecule has 1 atom stereocenters. The second kappa shape index (κ2) is 4.48. The summed E-state index contributed by atoms with van der Waals surface area (Å²) in [6.07, 6.45) is 1.65. The van der Waals surface area contributed by atoms with Crippen LogP contribution in [0.4, 0.5) is 0 Å². The summed E-state index contributed by atoms with van der Waals surface area (Å²) >= 11 is 11.7. The van der Waals surface area contributed by atoms with E-state index >= 15 is 0 Å². The fourth-order valence-corrected chi connectivity index (χ4v) is 3.85. The Morgan fingerprint density at radius 1 is 1.24 bits per heavy atom. The SMILES string of the molecule is ClC(c1ccco1)c1csc2c(Br)cccc12. The minimum atomic E-state index is -0.229. The van der Waals surface area contributed by atoms with Crippen LogP contribution in [0.3, 0.4) is 0 Å². The number of furan rings is 1. The highest BCUT2D eigenvalue weighted by Crippen LogP contribution is 2.39. The molecule has 0 aliphatic heterocycles. The van der Waals surface area contributed by atoms with Crippen molar-refractivity contribution >= 4 is 49.0 Å². The van der Waals surface area contributed by atoms with Crippen LogP contribution in [0, 0.1) is 0 Å². The molecule has 3 rings (SSSR count). The van der Waals surface area contributed by atoms with Gasteiger partial charge < -0.3 is 4.42 Å². The lowest BCUT2D eigenvalue weighted by atomic mass is 10.1. The van der Waals surface area contributed by atoms with Crippen LogP contribution >= 0.6 is 38.9 Å². The van der Waals surface area contributed by atoms with Crippen LogP contribution < -0.4 is 0 Å². The highest BCUT2D eigenvalue weighted by atomic mass is 79.9. The normalized spacial score (nSPS) is 13.1. The van der Waals surface area contributed by atoms with Gasteiger partial charge >= 0.3 is 0 Å². The van der Waals surface area contributed by atoms with Crippen molar-refractivity contribution in [2.24, 2.45) is 0 Å². The van der Waals surface area contributed by atoms with Gasteiger partial charge in [0.15, 0.2) is 0 Å². The molecule has 1 aromatic carbocycles. The van der Waals surface area contributed by atoms with Crippen LogP contribution in [0.25, 0.3) is 10.1 Å². The Balaban J connectivity index is 2.15. The molecule has 0 N–H and O–H groups in total. The summed E-state index contributed by atoms with van der Waals surface area (Å²) in [6.45, 7) is 0. The number of thiophene rings is 1. The van der Waals surface area contributed by atoms with Crippen LogP contribution in [-0.2, 0) is 0 Å². The molecule has 1 unspecified atom stereocenters. The fraction of sp³-hybridized carbons (Fsp3) is 0.0769. The van der Waals surface area contributed by atoms with Crippen molar-refractivity contribution in [3.05, 3.63) is 57.8 Å². The second-order valence-electron chi connectivity index (χ2n) is 3.69. The second-order valence-corrected chi connectivity index (χ2v) is 5.86. The van der Waals surface area contributed by atoms with Crippen LogP contribution in [0.5, 0.6) is 0 Å². The van der Waals surface area contributed by atoms with E-state index in [2.05, 4.69) is 27.4 Å². The van der Waals surface area contributed by atoms with E-state index in [4.69, 9.17) is 16.0 Å². The lowest BCUT2D eigenvalue weighted by Crippen LogP contribution is -1.88. The van der Waals surface area contributed by atoms with Crippen molar-refractivity contribution in [3.8, 4) is 0 Å². The monoisotopic (exact) mass is 326 g/mol. The third-order valence-electron chi connectivity index (χ3n) is 2.65. The molecule has 0 saturated heterocycles. The molecule has 0 bridgehead atoms. The first-order valence-electron chi connectivity index (χ1n) is 5.10. The first-order valence-corrected chi connectivity index (χ1v) is 7.21. The zero-order valence-corrected chi connectivity index (χ0v) is 11.8. The zero-order chi connectivity index (χ0) is 11.8. The molecule has 3 aromatic rings. The molecule has 86 valence electrons. The van der Waals surface area contributed by atoms with Gasteiger partial charge in [0.05, 0.1) is 6.26 Å². The van der Waals surface area contributed by atoms with Crippen molar-refractivity contribution in [3.63, 3.8) is 0 Å². The average molecular weight is 328 g/mol. The molecule has 2 aromatic heterocycles. The molecule has 0 aliphatic carbocycles. The van der Waals surface area contributed by atoms with Crippen molar-refractivity contribution < 1.29 is 4.42 Å². The van der Waals surface area contributed by atoms with Crippen molar-refractivity contribution in [1.82, 2.24) is 0 Å². The Kier molecular flexibility index (Phi) is 2.99. The standard InChI is InChI=1S/C13H8BrClOS/c14-10-4-1-3-8-9(7-17-13(8)10)12(15)11-5-2-6-16-11/h1-7,12H. The molecular weight excluding hydrogens is 320 g/mol. The molecular formula is C13H8BrClOS. The van der Waals surface area contributed by atoms with Gasteiger partial charge in [-0.05, 0) is 50.5 Å². The lowest BCUT2D eigenvalue weighted by Gasteiger charge is -2.05. The summed E-state index contributed by atoms with van der Waals surface area (Å²) in [5.74, 6) is 0.784. The summed E-state index contributed by atoms with van der Waals surface area (Å²) < 4.78 is 7.69. The maximum absolute atomic E-state index is 6.44. The molecule has 0 radical (unpaired) electrons. The first-order chi connectivity index (χ1) is 8.27. The third-order valence-corrected chi connectivity index (χ3v) is 5.07. The molecule has 0 amide bonds. The summed E-state index contributed by atoms with van der Waals surface area (Å²) in [5, 5.41) is 3.05. The van der Waals surface area contributed by atoms with Crippen molar-refractivity contribution in [1.29, 1.82) is 0 Å². The quantitative estimate of drug-likeness (QED) is 0.560. The smallest absolute Gasteiger partial charge is 0.126 e. The lowest BCUT2D eigenvalue weighted by molar-refractivity contribution is 0.517. The van der Waals surface area contributed by atoms with Crippen molar-refractivity contribution in [2.75, 3.05) is 0 Å². The minimum Gasteiger partial charge on any atom is -0.467 e. The predicted octanol–water partition coefficient (Wildman–Crippen LogP) is 5.59. The molecule has 0 spiro atoms. The Labute approximate surface area is 116 Å². The summed E-state index contributed by atoms with van der Waals surface area (Å²) in [7, 11) is 0. The molecule has 4 heteroatoms. The van der Waals surface area contributed by atoms with Crippen LogP contribution in [-0.4, -0.2) is 0 Å². The van der Waals surface area contributed by atoms with E-state index in [0.29, 0.717) is 0 Å². The Morgan fingerprint density at radius 3 is 2.88 bits per heavy atom. The van der Waals surface area contributed by atoms with Crippen LogP contribution in [0.1, 0.15) is 16.7 Å². The molecule has 0 saturated carbocycles. The maximum Gasteiger partial charge on any atom is 0.126 e. The Bertz CT molecular complexity index is 645. The Hall–Kier alpha value is -0.770. The third kappa shape index (κ3) is 1.92. The van der Waals surface area contributed by atoms with E-state index in [1.165, 1.54) is 10.1 Å². The van der Waals surface area contributed by atoms with Gasteiger partial charge in [-0.25, -0.2) is 0 Å². The molecule has 0 fully saturated rings. The van der Waals surface area contributed by atoms with Gasteiger partial charge in [0.25, 0.3) is 0 Å². The fourth-order valence-electron chi connectivity index (χ4n) is 1.83. The Morgan fingerprint density at radius 2 is 2.12 bits per heavy atom. The molecule has 1 nitrogen and oxygen atoms in total. The van der Waals surface area contributed by atoms with E-state index in [-0.39, 0.29) is 5.38 Å². The van der Waals surface area contributed by atoms with Crippen LogP contribution in [0.2, 0.25) is 0 Å². The van der Waals surface area contributed by atoms with Crippen LogP contribution in [0.15, 0.2) is 50.9 Å². The summed E-state index contributed by atoms with van der Waals surface area (Å²) in [4.78, 5) is 0. The van der Waals surface area contributed by atoms with Gasteiger partial charge in [0, 0.05) is 9.17 Å². The van der Waals surface area contributed by atoms with Crippen molar-refractivity contribution in [2.45, 2.75) is 5.38 Å². The summed E-state index contributed by atoms with van der Waals surface area (Å²) in [5.41, 5.74) is 1.10. The van der Waals surface area contributed by atoms with Gasteiger partial charge in [-0.1, -0.05) is 12.1 Å². The molecule has 2 heterocycles. The highest BCUT2D eigenvalue weighted by Gasteiger charge is 2.18. The molecule has 0 aliphatic rings. The van der Waals surface area contributed by atoms with E-state index in [0.717, 1.165) is 15.8 Å². The largest absolute Gasteiger partial charge is 0.467 e.